The fourth-order valence-corrected chi connectivity index (χ4v) is 4.52. The number of amides is 1. The highest BCUT2D eigenvalue weighted by Crippen LogP contribution is 2.11. The molecule has 0 saturated carbocycles. The van der Waals surface area contributed by atoms with Crippen molar-refractivity contribution in [3.63, 3.8) is 0 Å². The topological polar surface area (TPSA) is 102 Å². The molecule has 0 bridgehead atoms. The molecule has 2 heterocycles. The van der Waals surface area contributed by atoms with Crippen LogP contribution in [0.4, 0.5) is 0 Å². The van der Waals surface area contributed by atoms with E-state index in [1.54, 1.807) is 43.0 Å². The molecule has 2 aromatic rings. The number of rotatable bonds is 5. The van der Waals surface area contributed by atoms with E-state index in [4.69, 9.17) is 0 Å². The molecule has 0 N–H and O–H groups in total. The van der Waals surface area contributed by atoms with Crippen molar-refractivity contribution in [2.45, 2.75) is 26.9 Å². The van der Waals surface area contributed by atoms with Gasteiger partial charge in [0.1, 0.15) is 6.54 Å². The van der Waals surface area contributed by atoms with Gasteiger partial charge in [0.2, 0.25) is 15.9 Å². The third kappa shape index (κ3) is 3.61. The zero-order chi connectivity index (χ0) is 20.5. The minimum atomic E-state index is -3.28. The Labute approximate surface area is 162 Å². The highest BCUT2D eigenvalue weighted by Gasteiger charge is 2.28. The van der Waals surface area contributed by atoms with Crippen LogP contribution in [0.3, 0.4) is 0 Å². The average molecular weight is 408 g/mol. The second-order valence-corrected chi connectivity index (χ2v) is 8.87. The summed E-state index contributed by atoms with van der Waals surface area (Å²) in [6, 6.07) is 6.72. The van der Waals surface area contributed by atoms with Gasteiger partial charge in [-0.1, -0.05) is 12.1 Å². The first-order chi connectivity index (χ1) is 13.3. The van der Waals surface area contributed by atoms with E-state index in [0.717, 1.165) is 4.57 Å². The van der Waals surface area contributed by atoms with Gasteiger partial charge in [-0.2, -0.15) is 4.31 Å². The highest BCUT2D eigenvalue weighted by atomic mass is 32.2. The normalized spacial score (nSPS) is 15.9. The van der Waals surface area contributed by atoms with Crippen molar-refractivity contribution in [3.8, 4) is 0 Å². The summed E-state index contributed by atoms with van der Waals surface area (Å²) in [6.45, 7) is 4.35. The van der Waals surface area contributed by atoms with E-state index < -0.39 is 15.7 Å². The van der Waals surface area contributed by atoms with Crippen LogP contribution in [0.1, 0.15) is 13.8 Å². The molecule has 0 unspecified atom stereocenters. The van der Waals surface area contributed by atoms with Crippen LogP contribution < -0.4 is 11.2 Å². The summed E-state index contributed by atoms with van der Waals surface area (Å²) in [7, 11) is -3.28. The van der Waals surface area contributed by atoms with Gasteiger partial charge in [-0.25, -0.2) is 13.2 Å². The molecule has 3 rings (SSSR count). The van der Waals surface area contributed by atoms with E-state index in [0.29, 0.717) is 10.9 Å². The lowest BCUT2D eigenvalue weighted by molar-refractivity contribution is -0.133. The lowest BCUT2D eigenvalue weighted by atomic mass is 10.2. The molecule has 28 heavy (non-hydrogen) atoms. The molecule has 1 fully saturated rings. The van der Waals surface area contributed by atoms with Crippen LogP contribution in [0, 0.1) is 0 Å². The number of piperazine rings is 1. The van der Waals surface area contributed by atoms with Crippen LogP contribution in [0.2, 0.25) is 0 Å². The SMILES string of the molecule is CCn1c(=O)c2ccccc2n(CC(=O)N2CCN(S(=O)(=O)CC)CC2)c1=O. The molecule has 1 aliphatic heterocycles. The molecule has 0 atom stereocenters. The fraction of sp³-hybridized carbons (Fsp3) is 0.500. The average Bonchev–Trinajstić information content (AvgIpc) is 2.71. The summed E-state index contributed by atoms with van der Waals surface area (Å²) in [5.41, 5.74) is -0.473. The maximum Gasteiger partial charge on any atom is 0.331 e. The molecule has 152 valence electrons. The highest BCUT2D eigenvalue weighted by molar-refractivity contribution is 7.89. The summed E-state index contributed by atoms with van der Waals surface area (Å²) in [6.07, 6.45) is 0. The first kappa shape index (κ1) is 20.3. The molecule has 10 heteroatoms. The predicted octanol–water partition coefficient (Wildman–Crippen LogP) is -0.323. The zero-order valence-corrected chi connectivity index (χ0v) is 16.8. The van der Waals surface area contributed by atoms with Crippen molar-refractivity contribution < 1.29 is 13.2 Å². The van der Waals surface area contributed by atoms with E-state index in [1.165, 1.54) is 8.87 Å². The second-order valence-electron chi connectivity index (χ2n) is 6.62. The number of aromatic nitrogens is 2. The number of sulfonamides is 1. The standard InChI is InChI=1S/C18H24N4O5S/c1-3-21-17(24)14-7-5-6-8-15(14)22(18(21)25)13-16(23)19-9-11-20(12-10-19)28(26,27)4-2/h5-8H,3-4,9-13H2,1-2H3. The minimum absolute atomic E-state index is 0.0287. The van der Waals surface area contributed by atoms with Crippen molar-refractivity contribution in [1.29, 1.82) is 0 Å². The van der Waals surface area contributed by atoms with Crippen LogP contribution in [-0.2, 0) is 27.9 Å². The number of fused-ring (bicyclic) bond motifs is 1. The van der Waals surface area contributed by atoms with Gasteiger partial charge < -0.3 is 4.90 Å². The molecule has 0 aliphatic carbocycles. The molecular weight excluding hydrogens is 384 g/mol. The number of para-hydroxylation sites is 1. The number of hydrogen-bond donors (Lipinski definition) is 0. The minimum Gasteiger partial charge on any atom is -0.338 e. The monoisotopic (exact) mass is 408 g/mol. The van der Waals surface area contributed by atoms with E-state index >= 15 is 0 Å². The van der Waals surface area contributed by atoms with Crippen LogP contribution >= 0.6 is 0 Å². The van der Waals surface area contributed by atoms with E-state index in [9.17, 15) is 22.8 Å². The summed E-state index contributed by atoms with van der Waals surface area (Å²) in [5.74, 6) is -0.247. The van der Waals surface area contributed by atoms with Gasteiger partial charge in [-0.15, -0.1) is 0 Å². The van der Waals surface area contributed by atoms with E-state index in [2.05, 4.69) is 0 Å². The Morgan fingerprint density at radius 2 is 1.64 bits per heavy atom. The van der Waals surface area contributed by atoms with Crippen molar-refractivity contribution in [3.05, 3.63) is 45.1 Å². The maximum absolute atomic E-state index is 12.8. The van der Waals surface area contributed by atoms with Gasteiger partial charge in [0.15, 0.2) is 0 Å². The summed E-state index contributed by atoms with van der Waals surface area (Å²) in [4.78, 5) is 39.6. The predicted molar refractivity (Wildman–Crippen MR) is 106 cm³/mol. The third-order valence-electron chi connectivity index (χ3n) is 5.09. The van der Waals surface area contributed by atoms with Crippen molar-refractivity contribution >= 4 is 26.8 Å². The Balaban J connectivity index is 1.87. The summed E-state index contributed by atoms with van der Waals surface area (Å²) in [5, 5.41) is 0.385. The van der Waals surface area contributed by atoms with Gasteiger partial charge in [-0.05, 0) is 26.0 Å². The molecule has 1 aromatic carbocycles. The van der Waals surface area contributed by atoms with Gasteiger partial charge in [0, 0.05) is 32.7 Å². The number of benzene rings is 1. The van der Waals surface area contributed by atoms with Crippen LogP contribution in [0.5, 0.6) is 0 Å². The van der Waals surface area contributed by atoms with E-state index in [-0.39, 0.29) is 56.5 Å². The Morgan fingerprint density at radius 3 is 2.25 bits per heavy atom. The Morgan fingerprint density at radius 1 is 1.00 bits per heavy atom. The van der Waals surface area contributed by atoms with Gasteiger partial charge >= 0.3 is 5.69 Å². The van der Waals surface area contributed by atoms with Gasteiger partial charge in [0.05, 0.1) is 16.7 Å². The van der Waals surface area contributed by atoms with Crippen LogP contribution in [-0.4, -0.2) is 64.6 Å². The molecule has 1 amide bonds. The quantitative estimate of drug-likeness (QED) is 0.675. The fourth-order valence-electron chi connectivity index (χ4n) is 3.44. The first-order valence-corrected chi connectivity index (χ1v) is 10.9. The zero-order valence-electron chi connectivity index (χ0n) is 16.0. The van der Waals surface area contributed by atoms with Crippen LogP contribution in [0.25, 0.3) is 10.9 Å². The van der Waals surface area contributed by atoms with Gasteiger partial charge in [0.25, 0.3) is 5.56 Å². The number of hydrogen-bond acceptors (Lipinski definition) is 5. The molecule has 1 aromatic heterocycles. The third-order valence-corrected chi connectivity index (χ3v) is 6.97. The Bertz CT molecular complexity index is 1110. The molecule has 1 saturated heterocycles. The lowest BCUT2D eigenvalue weighted by Crippen LogP contribution is -2.52. The lowest BCUT2D eigenvalue weighted by Gasteiger charge is -2.34. The molecule has 9 nitrogen and oxygen atoms in total. The first-order valence-electron chi connectivity index (χ1n) is 9.28. The van der Waals surface area contributed by atoms with Crippen molar-refractivity contribution in [2.75, 3.05) is 31.9 Å². The molecular formula is C18H24N4O5S. The smallest absolute Gasteiger partial charge is 0.331 e. The second kappa shape index (κ2) is 7.88. The number of carbonyl (C=O) groups excluding carboxylic acids is 1. The Hall–Kier alpha value is -2.46. The van der Waals surface area contributed by atoms with E-state index in [1.807, 2.05) is 0 Å². The number of nitrogens with zero attached hydrogens (tertiary/aromatic N) is 4. The van der Waals surface area contributed by atoms with Gasteiger partial charge in [-0.3, -0.25) is 18.7 Å². The Kier molecular flexibility index (Phi) is 5.71. The maximum atomic E-state index is 12.8. The number of carbonyl (C=O) groups is 1. The molecule has 1 aliphatic rings. The van der Waals surface area contributed by atoms with Crippen molar-refractivity contribution in [2.24, 2.45) is 0 Å². The molecule has 0 spiro atoms. The summed E-state index contributed by atoms with van der Waals surface area (Å²) < 4.78 is 27.7. The van der Waals surface area contributed by atoms with Crippen molar-refractivity contribution in [1.82, 2.24) is 18.3 Å². The molecule has 0 radical (unpaired) electrons. The van der Waals surface area contributed by atoms with Crippen LogP contribution in [0.15, 0.2) is 33.9 Å². The largest absolute Gasteiger partial charge is 0.338 e. The summed E-state index contributed by atoms with van der Waals surface area (Å²) >= 11 is 0.